The first-order chi connectivity index (χ1) is 15.7. The molecule has 33 heavy (non-hydrogen) atoms. The van der Waals surface area contributed by atoms with Crippen molar-refractivity contribution in [3.05, 3.63) is 94.3 Å². The summed E-state index contributed by atoms with van der Waals surface area (Å²) in [6.45, 7) is 8.13. The van der Waals surface area contributed by atoms with Gasteiger partial charge in [-0.25, -0.2) is 4.79 Å². The Balaban J connectivity index is 1.45. The van der Waals surface area contributed by atoms with E-state index in [1.165, 1.54) is 5.56 Å². The van der Waals surface area contributed by atoms with E-state index in [-0.39, 0.29) is 17.9 Å². The first kappa shape index (κ1) is 22.3. The molecule has 1 aliphatic rings. The molecule has 170 valence electrons. The van der Waals surface area contributed by atoms with Gasteiger partial charge in [-0.05, 0) is 50.5 Å². The third-order valence-electron chi connectivity index (χ3n) is 6.43. The van der Waals surface area contributed by atoms with Crippen LogP contribution in [0, 0.1) is 13.8 Å². The molecule has 0 bridgehead atoms. The largest absolute Gasteiger partial charge is 0.348 e. The van der Waals surface area contributed by atoms with E-state index in [0.717, 1.165) is 17.0 Å². The molecule has 4 amide bonds. The van der Waals surface area contributed by atoms with Gasteiger partial charge in [0.1, 0.15) is 5.54 Å². The van der Waals surface area contributed by atoms with Crippen LogP contribution < -0.4 is 16.0 Å². The average molecular weight is 445 g/mol. The number of aryl methyl sites for hydroxylation is 1. The number of urea groups is 1. The Bertz CT molecular complexity index is 1210. The molecule has 0 radical (unpaired) electrons. The number of hydrogen-bond donors (Lipinski definition) is 3. The van der Waals surface area contributed by atoms with Crippen LogP contribution in [0.3, 0.4) is 0 Å². The van der Waals surface area contributed by atoms with Crippen molar-refractivity contribution in [2.75, 3.05) is 0 Å². The van der Waals surface area contributed by atoms with E-state index in [4.69, 9.17) is 0 Å². The number of hydrogen-bond acceptors (Lipinski definition) is 3. The monoisotopic (exact) mass is 444 g/mol. The molecule has 3 aromatic rings. The normalized spacial score (nSPS) is 18.5. The maximum absolute atomic E-state index is 12.9. The van der Waals surface area contributed by atoms with Crippen LogP contribution in [0.25, 0.3) is 0 Å². The van der Waals surface area contributed by atoms with Gasteiger partial charge in [-0.1, -0.05) is 54.6 Å². The van der Waals surface area contributed by atoms with Gasteiger partial charge in [-0.15, -0.1) is 0 Å². The number of nitrogens with one attached hydrogen (secondary N) is 3. The summed E-state index contributed by atoms with van der Waals surface area (Å²) >= 11 is 0. The summed E-state index contributed by atoms with van der Waals surface area (Å²) in [5.74, 6) is -0.512. The molecule has 1 aliphatic heterocycles. The zero-order chi connectivity index (χ0) is 23.8. The zero-order valence-corrected chi connectivity index (χ0v) is 19.2. The molecule has 1 fully saturated rings. The number of amides is 4. The van der Waals surface area contributed by atoms with Crippen LogP contribution in [0.15, 0.2) is 60.7 Å². The van der Waals surface area contributed by atoms with Crippen LogP contribution in [-0.4, -0.2) is 22.4 Å². The van der Waals surface area contributed by atoms with Gasteiger partial charge in [-0.3, -0.25) is 14.9 Å². The fraction of sp³-hybridized carbons (Fsp3) is 0.269. The van der Waals surface area contributed by atoms with E-state index in [1.54, 1.807) is 19.1 Å². The second-order valence-corrected chi connectivity index (χ2v) is 8.65. The first-order valence-electron chi connectivity index (χ1n) is 11.0. The highest BCUT2D eigenvalue weighted by Crippen LogP contribution is 2.26. The van der Waals surface area contributed by atoms with Gasteiger partial charge >= 0.3 is 6.03 Å². The predicted octanol–water partition coefficient (Wildman–Crippen LogP) is 3.70. The lowest BCUT2D eigenvalue weighted by Crippen LogP contribution is -2.40. The van der Waals surface area contributed by atoms with E-state index >= 15 is 0 Å². The van der Waals surface area contributed by atoms with Gasteiger partial charge in [0.25, 0.3) is 11.8 Å². The van der Waals surface area contributed by atoms with Crippen molar-refractivity contribution >= 4 is 17.8 Å². The summed E-state index contributed by atoms with van der Waals surface area (Å²) in [6, 6.07) is 19.0. The maximum Gasteiger partial charge on any atom is 0.322 e. The van der Waals surface area contributed by atoms with Crippen molar-refractivity contribution in [3.63, 3.8) is 0 Å². The Kier molecular flexibility index (Phi) is 5.80. The number of carbonyl (C=O) groups is 3. The van der Waals surface area contributed by atoms with Gasteiger partial charge in [0.2, 0.25) is 0 Å². The van der Waals surface area contributed by atoms with Gasteiger partial charge in [0.05, 0.1) is 11.6 Å². The van der Waals surface area contributed by atoms with E-state index in [1.807, 2.05) is 50.2 Å². The van der Waals surface area contributed by atoms with Crippen molar-refractivity contribution in [1.82, 2.24) is 20.5 Å². The summed E-state index contributed by atoms with van der Waals surface area (Å²) in [6.07, 6.45) is 0. The number of rotatable bonds is 6. The molecule has 7 heteroatoms. The summed E-state index contributed by atoms with van der Waals surface area (Å²) < 4.78 is 2.18. The van der Waals surface area contributed by atoms with Gasteiger partial charge in [-0.2, -0.15) is 0 Å². The van der Waals surface area contributed by atoms with Gasteiger partial charge in [0.15, 0.2) is 0 Å². The number of carbonyl (C=O) groups excluding carboxylic acids is 3. The van der Waals surface area contributed by atoms with Crippen LogP contribution in [0.2, 0.25) is 0 Å². The van der Waals surface area contributed by atoms with Crippen molar-refractivity contribution in [2.24, 2.45) is 0 Å². The highest BCUT2D eigenvalue weighted by Gasteiger charge is 2.43. The number of nitrogens with zero attached hydrogens (tertiary/aromatic N) is 1. The van der Waals surface area contributed by atoms with Crippen molar-refractivity contribution in [3.8, 4) is 0 Å². The molecule has 2 unspecified atom stereocenters. The molecular formula is C26H28N4O3. The van der Waals surface area contributed by atoms with E-state index in [2.05, 4.69) is 39.6 Å². The molecule has 0 aliphatic carbocycles. The maximum atomic E-state index is 12.9. The molecule has 0 saturated carbocycles. The highest BCUT2D eigenvalue weighted by atomic mass is 16.2. The Morgan fingerprint density at radius 1 is 1.06 bits per heavy atom. The highest BCUT2D eigenvalue weighted by molar-refractivity contribution is 6.07. The quantitative estimate of drug-likeness (QED) is 0.506. The van der Waals surface area contributed by atoms with Crippen LogP contribution >= 0.6 is 0 Å². The SMILES string of the molecule is Cc1cc(C(=O)NCc2ccc(C3(C)NC(=O)NC3=O)cc2)c(C)n1C(C)c1ccccc1. The van der Waals surface area contributed by atoms with Gasteiger partial charge in [0, 0.05) is 17.9 Å². The summed E-state index contributed by atoms with van der Waals surface area (Å²) in [4.78, 5) is 36.6. The molecule has 7 nitrogen and oxygen atoms in total. The molecule has 3 N–H and O–H groups in total. The lowest BCUT2D eigenvalue weighted by Gasteiger charge is -2.21. The lowest BCUT2D eigenvalue weighted by molar-refractivity contribution is -0.123. The Hall–Kier alpha value is -3.87. The molecular weight excluding hydrogens is 416 g/mol. The van der Waals surface area contributed by atoms with Gasteiger partial charge < -0.3 is 15.2 Å². The molecule has 0 spiro atoms. The zero-order valence-electron chi connectivity index (χ0n) is 19.2. The molecule has 2 heterocycles. The van der Waals surface area contributed by atoms with Crippen LogP contribution in [0.5, 0.6) is 0 Å². The second-order valence-electron chi connectivity index (χ2n) is 8.65. The van der Waals surface area contributed by atoms with Crippen LogP contribution in [0.1, 0.15) is 58.3 Å². The predicted molar refractivity (Wildman–Crippen MR) is 126 cm³/mol. The summed E-state index contributed by atoms with van der Waals surface area (Å²) in [7, 11) is 0. The second kappa shape index (κ2) is 8.58. The van der Waals surface area contributed by atoms with E-state index in [9.17, 15) is 14.4 Å². The summed E-state index contributed by atoms with van der Waals surface area (Å²) in [5, 5.41) is 7.90. The van der Waals surface area contributed by atoms with Crippen LogP contribution in [0.4, 0.5) is 4.79 Å². The fourth-order valence-electron chi connectivity index (χ4n) is 4.46. The molecule has 2 atom stereocenters. The number of benzene rings is 2. The molecule has 1 saturated heterocycles. The minimum absolute atomic E-state index is 0.120. The standard InChI is InChI=1S/C26H28N4O3/c1-16-14-22(18(3)30(16)17(2)20-8-6-5-7-9-20)23(31)27-15-19-10-12-21(13-11-19)26(4)24(32)28-25(33)29-26/h5-14,17H,15H2,1-4H3,(H,27,31)(H2,28,29,32,33). The van der Waals surface area contributed by atoms with E-state index < -0.39 is 11.6 Å². The minimum Gasteiger partial charge on any atom is -0.348 e. The third kappa shape index (κ3) is 4.14. The molecule has 4 rings (SSSR count). The third-order valence-corrected chi connectivity index (χ3v) is 6.43. The summed E-state index contributed by atoms with van der Waals surface area (Å²) in [5.41, 5.74) is 4.28. The topological polar surface area (TPSA) is 92.2 Å². The van der Waals surface area contributed by atoms with Crippen molar-refractivity contribution in [1.29, 1.82) is 0 Å². The van der Waals surface area contributed by atoms with Crippen molar-refractivity contribution < 1.29 is 14.4 Å². The Labute approximate surface area is 193 Å². The fourth-order valence-corrected chi connectivity index (χ4v) is 4.46. The average Bonchev–Trinajstić information content (AvgIpc) is 3.26. The minimum atomic E-state index is -1.09. The number of aromatic nitrogens is 1. The number of imide groups is 1. The smallest absolute Gasteiger partial charge is 0.322 e. The molecule has 1 aromatic heterocycles. The lowest BCUT2D eigenvalue weighted by atomic mass is 9.91. The Morgan fingerprint density at radius 2 is 1.73 bits per heavy atom. The molecule has 2 aromatic carbocycles. The first-order valence-corrected chi connectivity index (χ1v) is 11.0. The van der Waals surface area contributed by atoms with Crippen LogP contribution in [-0.2, 0) is 16.9 Å². The van der Waals surface area contributed by atoms with Crippen molar-refractivity contribution in [2.45, 2.75) is 45.8 Å². The Morgan fingerprint density at radius 3 is 2.33 bits per heavy atom. The van der Waals surface area contributed by atoms with E-state index in [0.29, 0.717) is 17.7 Å².